The lowest BCUT2D eigenvalue weighted by atomic mass is 10.1. The lowest BCUT2D eigenvalue weighted by molar-refractivity contribution is 0.146. The van der Waals surface area contributed by atoms with Gasteiger partial charge in [0.2, 0.25) is 0 Å². The van der Waals surface area contributed by atoms with Gasteiger partial charge in [-0.05, 0) is 12.2 Å². The summed E-state index contributed by atoms with van der Waals surface area (Å²) >= 11 is 22.5. The van der Waals surface area contributed by atoms with Crippen molar-refractivity contribution in [2.24, 2.45) is 0 Å². The van der Waals surface area contributed by atoms with E-state index >= 15 is 0 Å². The van der Waals surface area contributed by atoms with Gasteiger partial charge in [-0.2, -0.15) is 0 Å². The van der Waals surface area contributed by atoms with Crippen molar-refractivity contribution in [2.45, 2.75) is 22.5 Å². The number of halogens is 4. The van der Waals surface area contributed by atoms with Gasteiger partial charge in [-0.3, -0.25) is 4.90 Å². The summed E-state index contributed by atoms with van der Waals surface area (Å²) in [5, 5.41) is 0.892. The minimum Gasteiger partial charge on any atom is -0.385 e. The number of methoxy groups -OCH3 is 1. The second-order valence-electron chi connectivity index (χ2n) is 4.66. The summed E-state index contributed by atoms with van der Waals surface area (Å²) in [4.78, 5) is 14.2. The molecule has 1 saturated heterocycles. The average molecular weight is 389 g/mol. The number of ether oxygens (including phenoxy) is 1. The van der Waals surface area contributed by atoms with Gasteiger partial charge in [-0.25, -0.2) is 19.6 Å². The molecule has 2 rings (SSSR count). The standard InChI is InChI=1S/C12H13Cl3FN3O2S/c1-21-5-4-10-17-19(12(13,14)15)11(20)18(10)8-3-2-7(16)6-9(8)22/h2-3,6,8,10,17H,4-5H2,1H3. The molecule has 10 heteroatoms. The van der Waals surface area contributed by atoms with Gasteiger partial charge in [0, 0.05) is 25.0 Å². The fourth-order valence-corrected chi connectivity index (χ4v) is 2.89. The van der Waals surface area contributed by atoms with E-state index in [-0.39, 0.29) is 4.86 Å². The molecule has 1 aliphatic heterocycles. The molecule has 0 spiro atoms. The summed E-state index contributed by atoms with van der Waals surface area (Å²) in [6, 6.07) is -1.16. The summed E-state index contributed by atoms with van der Waals surface area (Å²) < 4.78 is 16.3. The van der Waals surface area contributed by atoms with Crippen LogP contribution in [-0.4, -0.2) is 50.6 Å². The number of rotatable bonds is 4. The number of hydrazine groups is 1. The van der Waals surface area contributed by atoms with Crippen LogP contribution in [-0.2, 0) is 4.74 Å². The number of hydrogen-bond acceptors (Lipinski definition) is 4. The van der Waals surface area contributed by atoms with E-state index in [4.69, 9.17) is 51.8 Å². The molecule has 1 heterocycles. The third-order valence-corrected chi connectivity index (χ3v) is 4.05. The van der Waals surface area contributed by atoms with Crippen LogP contribution < -0.4 is 5.43 Å². The van der Waals surface area contributed by atoms with Crippen molar-refractivity contribution in [1.82, 2.24) is 15.3 Å². The van der Waals surface area contributed by atoms with Crippen molar-refractivity contribution in [2.75, 3.05) is 13.7 Å². The molecule has 0 bridgehead atoms. The summed E-state index contributed by atoms with van der Waals surface area (Å²) in [6.07, 6.45) is 3.89. The predicted octanol–water partition coefficient (Wildman–Crippen LogP) is 3.08. The lowest BCUT2D eigenvalue weighted by Crippen LogP contribution is -2.47. The molecule has 0 radical (unpaired) electrons. The smallest absolute Gasteiger partial charge is 0.340 e. The highest BCUT2D eigenvalue weighted by Crippen LogP contribution is 2.35. The van der Waals surface area contributed by atoms with E-state index in [0.717, 1.165) is 5.01 Å². The van der Waals surface area contributed by atoms with Crippen LogP contribution in [0, 0.1) is 0 Å². The van der Waals surface area contributed by atoms with Gasteiger partial charge in [-0.1, -0.05) is 53.1 Å². The van der Waals surface area contributed by atoms with Crippen LogP contribution in [0.4, 0.5) is 9.18 Å². The second-order valence-corrected chi connectivity index (χ2v) is 7.35. The summed E-state index contributed by atoms with van der Waals surface area (Å²) in [7, 11) is 1.54. The van der Waals surface area contributed by atoms with Gasteiger partial charge >= 0.3 is 6.03 Å². The Kier molecular flexibility index (Phi) is 5.68. The van der Waals surface area contributed by atoms with Crippen LogP contribution in [0.2, 0.25) is 0 Å². The van der Waals surface area contributed by atoms with Crippen molar-refractivity contribution in [3.05, 3.63) is 24.1 Å². The molecule has 2 aliphatic rings. The minimum absolute atomic E-state index is 0.267. The van der Waals surface area contributed by atoms with Crippen molar-refractivity contribution >= 4 is 57.9 Å². The maximum atomic E-state index is 13.2. The molecule has 122 valence electrons. The molecule has 1 N–H and O–H groups in total. The molecule has 2 amide bonds. The number of thiocarbonyl (C=S) groups is 1. The number of carbonyl (C=O) groups is 1. The first-order chi connectivity index (χ1) is 10.3. The first kappa shape index (κ1) is 17.9. The SMILES string of the molecule is COCCC1NN(C(Cl)(Cl)Cl)C(=O)N1C1C=CC(F)=CC1=S. The maximum absolute atomic E-state index is 13.2. The molecule has 5 nitrogen and oxygen atoms in total. The molecule has 2 atom stereocenters. The Morgan fingerprint density at radius 1 is 1.50 bits per heavy atom. The zero-order valence-corrected chi connectivity index (χ0v) is 14.5. The number of amides is 2. The first-order valence-electron chi connectivity index (χ1n) is 6.29. The second kappa shape index (κ2) is 6.98. The lowest BCUT2D eigenvalue weighted by Gasteiger charge is -2.30. The van der Waals surface area contributed by atoms with Crippen LogP contribution in [0.5, 0.6) is 0 Å². The van der Waals surface area contributed by atoms with Crippen LogP contribution in [0.15, 0.2) is 24.1 Å². The van der Waals surface area contributed by atoms with Crippen molar-refractivity contribution < 1.29 is 13.9 Å². The normalized spacial score (nSPS) is 26.0. The molecular formula is C12H13Cl3FN3O2S. The third kappa shape index (κ3) is 3.72. The molecule has 2 unspecified atom stereocenters. The van der Waals surface area contributed by atoms with Gasteiger partial charge in [0.25, 0.3) is 3.92 Å². The van der Waals surface area contributed by atoms with E-state index in [9.17, 15) is 9.18 Å². The van der Waals surface area contributed by atoms with E-state index in [1.807, 2.05) is 0 Å². The molecule has 22 heavy (non-hydrogen) atoms. The Balaban J connectivity index is 2.27. The van der Waals surface area contributed by atoms with Gasteiger partial charge in [0.15, 0.2) is 0 Å². The molecule has 0 saturated carbocycles. The van der Waals surface area contributed by atoms with Gasteiger partial charge in [0.05, 0.1) is 6.04 Å². The van der Waals surface area contributed by atoms with E-state index in [1.165, 1.54) is 30.2 Å². The Bertz CT molecular complexity index is 538. The fraction of sp³-hybridized carbons (Fsp3) is 0.500. The maximum Gasteiger partial charge on any atom is 0.340 e. The van der Waals surface area contributed by atoms with E-state index in [2.05, 4.69) is 5.43 Å². The highest BCUT2D eigenvalue weighted by Gasteiger charge is 2.48. The Labute approximate surface area is 147 Å². The number of carbonyl (C=O) groups excluding carboxylic acids is 1. The highest BCUT2D eigenvalue weighted by molar-refractivity contribution is 7.80. The Hall–Kier alpha value is -0.440. The summed E-state index contributed by atoms with van der Waals surface area (Å²) in [5.41, 5.74) is 2.82. The zero-order chi connectivity index (χ0) is 16.5. The predicted molar refractivity (Wildman–Crippen MR) is 87.5 cm³/mol. The quantitative estimate of drug-likeness (QED) is 0.457. The zero-order valence-electron chi connectivity index (χ0n) is 11.4. The number of urea groups is 1. The van der Waals surface area contributed by atoms with Crippen LogP contribution in [0.1, 0.15) is 6.42 Å². The number of hydrogen-bond donors (Lipinski definition) is 1. The monoisotopic (exact) mass is 387 g/mol. The topological polar surface area (TPSA) is 44.8 Å². The molecule has 1 fully saturated rings. The van der Waals surface area contributed by atoms with E-state index in [0.29, 0.717) is 13.0 Å². The first-order valence-corrected chi connectivity index (χ1v) is 7.83. The highest BCUT2D eigenvalue weighted by atomic mass is 35.6. The van der Waals surface area contributed by atoms with Crippen LogP contribution in [0.25, 0.3) is 0 Å². The van der Waals surface area contributed by atoms with E-state index < -0.39 is 28.0 Å². The largest absolute Gasteiger partial charge is 0.385 e. The third-order valence-electron chi connectivity index (χ3n) is 3.18. The molecule has 0 aromatic heterocycles. The van der Waals surface area contributed by atoms with Crippen molar-refractivity contribution in [3.63, 3.8) is 0 Å². The fourth-order valence-electron chi connectivity index (χ4n) is 2.22. The van der Waals surface area contributed by atoms with Crippen molar-refractivity contribution in [1.29, 1.82) is 0 Å². The molecule has 0 aromatic rings. The van der Waals surface area contributed by atoms with E-state index in [1.54, 1.807) is 0 Å². The van der Waals surface area contributed by atoms with Gasteiger partial charge < -0.3 is 4.74 Å². The molecule has 1 aliphatic carbocycles. The molecule has 0 aromatic carbocycles. The van der Waals surface area contributed by atoms with Crippen LogP contribution in [0.3, 0.4) is 0 Å². The average Bonchev–Trinajstić information content (AvgIpc) is 2.74. The molecular weight excluding hydrogens is 376 g/mol. The summed E-state index contributed by atoms with van der Waals surface area (Å²) in [6.45, 7) is 0.378. The van der Waals surface area contributed by atoms with Gasteiger partial charge in [-0.15, -0.1) is 0 Å². The Morgan fingerprint density at radius 2 is 2.18 bits per heavy atom. The van der Waals surface area contributed by atoms with Crippen LogP contribution >= 0.6 is 47.0 Å². The van der Waals surface area contributed by atoms with Crippen molar-refractivity contribution in [3.8, 4) is 0 Å². The number of nitrogens with zero attached hydrogens (tertiary/aromatic N) is 2. The Morgan fingerprint density at radius 3 is 2.73 bits per heavy atom. The number of nitrogens with one attached hydrogen (secondary N) is 1. The van der Waals surface area contributed by atoms with Gasteiger partial charge in [0.1, 0.15) is 12.0 Å². The number of allylic oxidation sites excluding steroid dienone is 2. The number of alkyl halides is 3. The minimum atomic E-state index is -1.96. The summed E-state index contributed by atoms with van der Waals surface area (Å²) in [5.74, 6) is -0.465.